The number of rotatable bonds is 1. The van der Waals surface area contributed by atoms with Crippen LogP contribution in [-0.2, 0) is 9.88 Å². The van der Waals surface area contributed by atoms with Gasteiger partial charge in [-0.05, 0) is 13.3 Å². The molecule has 0 aromatic carbocycles. The smallest absolute Gasteiger partial charge is 0.0993 e. The van der Waals surface area contributed by atoms with Crippen molar-refractivity contribution in [1.82, 2.24) is 10.4 Å². The van der Waals surface area contributed by atoms with Crippen LogP contribution < -0.4 is 5.32 Å². The second-order valence-corrected chi connectivity index (χ2v) is 3.28. The normalized spacial score (nSPS) is 34.5. The monoisotopic (exact) mass is 182 g/mol. The van der Waals surface area contributed by atoms with Crippen molar-refractivity contribution >= 4 is 0 Å². The van der Waals surface area contributed by atoms with Crippen molar-refractivity contribution in [2.24, 2.45) is 0 Å². The lowest BCUT2D eigenvalue weighted by molar-refractivity contribution is -0.379. The quantitative estimate of drug-likeness (QED) is 0.454. The van der Waals surface area contributed by atoms with E-state index in [-0.39, 0.29) is 0 Å². The minimum Gasteiger partial charge on any atom is -0.302 e. The van der Waals surface area contributed by atoms with Gasteiger partial charge in [0.2, 0.25) is 0 Å². The Balaban J connectivity index is 1.85. The van der Waals surface area contributed by atoms with E-state index in [1.807, 2.05) is 12.0 Å². The SMILES string of the molecule is CC#CC1CC(N2CCOO2)CN1. The van der Waals surface area contributed by atoms with E-state index >= 15 is 0 Å². The average Bonchev–Trinajstić information content (AvgIpc) is 2.70. The molecule has 2 rings (SSSR count). The van der Waals surface area contributed by atoms with Gasteiger partial charge in [-0.1, -0.05) is 5.92 Å². The van der Waals surface area contributed by atoms with Gasteiger partial charge in [0, 0.05) is 6.54 Å². The maximum atomic E-state index is 5.01. The molecule has 4 heteroatoms. The molecule has 1 N–H and O–H groups in total. The molecule has 2 aliphatic rings. The van der Waals surface area contributed by atoms with E-state index < -0.39 is 0 Å². The van der Waals surface area contributed by atoms with E-state index in [9.17, 15) is 0 Å². The highest BCUT2D eigenvalue weighted by molar-refractivity contribution is 5.09. The molecule has 72 valence electrons. The van der Waals surface area contributed by atoms with E-state index in [1.54, 1.807) is 0 Å². The highest BCUT2D eigenvalue weighted by Gasteiger charge is 2.31. The summed E-state index contributed by atoms with van der Waals surface area (Å²) >= 11 is 0. The molecule has 2 fully saturated rings. The van der Waals surface area contributed by atoms with Crippen LogP contribution in [0.5, 0.6) is 0 Å². The van der Waals surface area contributed by atoms with Crippen LogP contribution >= 0.6 is 0 Å². The van der Waals surface area contributed by atoms with Crippen molar-refractivity contribution in [2.75, 3.05) is 19.7 Å². The summed E-state index contributed by atoms with van der Waals surface area (Å²) in [4.78, 5) is 9.84. The molecule has 13 heavy (non-hydrogen) atoms. The van der Waals surface area contributed by atoms with Crippen molar-refractivity contribution in [2.45, 2.75) is 25.4 Å². The molecule has 2 atom stereocenters. The fraction of sp³-hybridized carbons (Fsp3) is 0.778. The van der Waals surface area contributed by atoms with Crippen molar-refractivity contribution in [3.8, 4) is 11.8 Å². The summed E-state index contributed by atoms with van der Waals surface area (Å²) in [5.74, 6) is 6.03. The summed E-state index contributed by atoms with van der Waals surface area (Å²) in [6.45, 7) is 4.33. The van der Waals surface area contributed by atoms with Gasteiger partial charge in [0.05, 0.1) is 25.2 Å². The highest BCUT2D eigenvalue weighted by atomic mass is 17.3. The number of hydroxylamine groups is 2. The van der Waals surface area contributed by atoms with Crippen LogP contribution in [-0.4, -0.2) is 36.8 Å². The van der Waals surface area contributed by atoms with E-state index in [1.165, 1.54) is 0 Å². The Kier molecular flexibility index (Phi) is 2.81. The Bertz CT molecular complexity index is 228. The van der Waals surface area contributed by atoms with Crippen molar-refractivity contribution < 1.29 is 9.88 Å². The average molecular weight is 182 g/mol. The Morgan fingerprint density at radius 1 is 1.54 bits per heavy atom. The maximum Gasteiger partial charge on any atom is 0.0993 e. The Labute approximate surface area is 78.1 Å². The number of nitrogens with zero attached hydrogens (tertiary/aromatic N) is 1. The first kappa shape index (κ1) is 8.97. The van der Waals surface area contributed by atoms with Crippen LogP contribution in [0.3, 0.4) is 0 Å². The molecule has 0 radical (unpaired) electrons. The molecule has 4 nitrogen and oxygen atoms in total. The van der Waals surface area contributed by atoms with Crippen LogP contribution in [0.1, 0.15) is 13.3 Å². The van der Waals surface area contributed by atoms with Crippen molar-refractivity contribution in [3.05, 3.63) is 0 Å². The molecule has 0 saturated carbocycles. The molecule has 0 spiro atoms. The second-order valence-electron chi connectivity index (χ2n) is 3.28. The van der Waals surface area contributed by atoms with E-state index in [0.29, 0.717) is 18.7 Å². The van der Waals surface area contributed by atoms with Crippen LogP contribution in [0, 0.1) is 11.8 Å². The molecule has 0 aliphatic carbocycles. The molecule has 0 bridgehead atoms. The zero-order chi connectivity index (χ0) is 9.10. The fourth-order valence-corrected chi connectivity index (χ4v) is 1.73. The lowest BCUT2D eigenvalue weighted by Crippen LogP contribution is -2.33. The molecule has 2 heterocycles. The third kappa shape index (κ3) is 2.01. The summed E-state index contributed by atoms with van der Waals surface area (Å²) in [5, 5.41) is 5.23. The first-order valence-corrected chi connectivity index (χ1v) is 4.62. The van der Waals surface area contributed by atoms with Crippen LogP contribution in [0.15, 0.2) is 0 Å². The molecule has 0 aromatic heterocycles. The minimum absolute atomic E-state index is 0.319. The lowest BCUT2D eigenvalue weighted by atomic mass is 10.2. The number of hydrogen-bond acceptors (Lipinski definition) is 4. The number of nitrogens with one attached hydrogen (secondary N) is 1. The first-order valence-electron chi connectivity index (χ1n) is 4.62. The lowest BCUT2D eigenvalue weighted by Gasteiger charge is -2.17. The predicted octanol–water partition coefficient (Wildman–Crippen LogP) is -0.0810. The van der Waals surface area contributed by atoms with Crippen LogP contribution in [0.2, 0.25) is 0 Å². The fourth-order valence-electron chi connectivity index (χ4n) is 1.73. The van der Waals surface area contributed by atoms with Gasteiger partial charge in [0.1, 0.15) is 0 Å². The third-order valence-electron chi connectivity index (χ3n) is 2.38. The summed E-state index contributed by atoms with van der Waals surface area (Å²) < 4.78 is 0. The van der Waals surface area contributed by atoms with Crippen molar-refractivity contribution in [3.63, 3.8) is 0 Å². The van der Waals surface area contributed by atoms with Gasteiger partial charge in [-0.25, -0.2) is 4.89 Å². The molecular weight excluding hydrogens is 168 g/mol. The van der Waals surface area contributed by atoms with Gasteiger partial charge < -0.3 is 5.32 Å². The summed E-state index contributed by atoms with van der Waals surface area (Å²) in [6, 6.07) is 0.729. The van der Waals surface area contributed by atoms with Crippen molar-refractivity contribution in [1.29, 1.82) is 0 Å². The summed E-state index contributed by atoms with van der Waals surface area (Å²) in [5.41, 5.74) is 0. The predicted molar refractivity (Wildman–Crippen MR) is 47.4 cm³/mol. The molecular formula is C9H14N2O2. The Hall–Kier alpha value is -0.600. The van der Waals surface area contributed by atoms with E-state index in [2.05, 4.69) is 17.2 Å². The van der Waals surface area contributed by atoms with Crippen LogP contribution in [0.4, 0.5) is 0 Å². The molecule has 2 saturated heterocycles. The second kappa shape index (κ2) is 4.07. The van der Waals surface area contributed by atoms with E-state index in [4.69, 9.17) is 9.88 Å². The molecule has 0 aromatic rings. The van der Waals surface area contributed by atoms with E-state index in [0.717, 1.165) is 19.5 Å². The summed E-state index contributed by atoms with van der Waals surface area (Å²) in [7, 11) is 0. The minimum atomic E-state index is 0.319. The standard InChI is InChI=1S/C9H14N2O2/c1-2-3-8-6-9(7-10-8)11-4-5-12-13-11/h8-10H,4-7H2,1H3. The van der Waals surface area contributed by atoms with Gasteiger partial charge in [0.25, 0.3) is 0 Å². The van der Waals surface area contributed by atoms with Gasteiger partial charge in [-0.2, -0.15) is 0 Å². The zero-order valence-corrected chi connectivity index (χ0v) is 7.75. The van der Waals surface area contributed by atoms with Crippen LogP contribution in [0.25, 0.3) is 0 Å². The largest absolute Gasteiger partial charge is 0.302 e. The number of hydrogen-bond donors (Lipinski definition) is 1. The van der Waals surface area contributed by atoms with Gasteiger partial charge in [-0.15, -0.1) is 16.0 Å². The third-order valence-corrected chi connectivity index (χ3v) is 2.38. The maximum absolute atomic E-state index is 5.01. The molecule has 2 unspecified atom stereocenters. The first-order chi connectivity index (χ1) is 6.40. The van der Waals surface area contributed by atoms with Gasteiger partial charge in [-0.3, -0.25) is 0 Å². The Morgan fingerprint density at radius 3 is 3.15 bits per heavy atom. The van der Waals surface area contributed by atoms with Gasteiger partial charge in [0.15, 0.2) is 0 Å². The zero-order valence-electron chi connectivity index (χ0n) is 7.75. The summed E-state index contributed by atoms with van der Waals surface area (Å²) in [6.07, 6.45) is 1.02. The Morgan fingerprint density at radius 2 is 2.46 bits per heavy atom. The van der Waals surface area contributed by atoms with Gasteiger partial charge >= 0.3 is 0 Å². The molecule has 0 amide bonds. The topological polar surface area (TPSA) is 33.7 Å². The molecule has 2 aliphatic heterocycles. The highest BCUT2D eigenvalue weighted by Crippen LogP contribution is 2.16.